The third-order valence-corrected chi connectivity index (χ3v) is 4.45. The van der Waals surface area contributed by atoms with Gasteiger partial charge in [-0.1, -0.05) is 30.3 Å². The molecule has 0 spiro atoms. The lowest BCUT2D eigenvalue weighted by molar-refractivity contribution is 0.103. The second-order valence-electron chi connectivity index (χ2n) is 6.42. The molecule has 0 bridgehead atoms. The summed E-state index contributed by atoms with van der Waals surface area (Å²) < 4.78 is 3.43. The van der Waals surface area contributed by atoms with E-state index in [9.17, 15) is 19.6 Å². The summed E-state index contributed by atoms with van der Waals surface area (Å²) in [5, 5.41) is 13.7. The maximum atomic E-state index is 12.8. The molecule has 0 fully saturated rings. The fourth-order valence-electron chi connectivity index (χ4n) is 2.83. The van der Waals surface area contributed by atoms with Crippen LogP contribution in [0.5, 0.6) is 0 Å². The van der Waals surface area contributed by atoms with Crippen molar-refractivity contribution in [1.29, 1.82) is 5.26 Å². The first kappa shape index (κ1) is 19.6. The van der Waals surface area contributed by atoms with E-state index in [0.29, 0.717) is 12.1 Å². The van der Waals surface area contributed by atoms with Crippen molar-refractivity contribution in [3.05, 3.63) is 85.8 Å². The second-order valence-corrected chi connectivity index (χ2v) is 6.42. The summed E-state index contributed by atoms with van der Waals surface area (Å²) in [6, 6.07) is 11.5. The maximum absolute atomic E-state index is 12.8. The van der Waals surface area contributed by atoms with Crippen LogP contribution in [-0.2, 0) is 20.6 Å². The Kier molecular flexibility index (Phi) is 5.27. The van der Waals surface area contributed by atoms with E-state index in [1.807, 2.05) is 30.3 Å². The largest absolute Gasteiger partial charge is 0.384 e. The molecule has 0 aliphatic rings. The number of Topliss-reactive ketones (excluding diaryl/α,β-unsaturated/α-hetero) is 1. The topological polar surface area (TPSA) is 129 Å². The van der Waals surface area contributed by atoms with Crippen LogP contribution >= 0.6 is 0 Å². The van der Waals surface area contributed by atoms with Crippen molar-refractivity contribution in [1.82, 2.24) is 18.9 Å². The van der Waals surface area contributed by atoms with Gasteiger partial charge in [0.2, 0.25) is 5.78 Å². The number of nitriles is 1. The van der Waals surface area contributed by atoms with Crippen molar-refractivity contribution >= 4 is 17.7 Å². The molecule has 0 saturated carbocycles. The Labute approximate surface area is 165 Å². The van der Waals surface area contributed by atoms with Crippen molar-refractivity contribution < 1.29 is 4.79 Å². The Morgan fingerprint density at radius 2 is 1.90 bits per heavy atom. The van der Waals surface area contributed by atoms with Crippen LogP contribution in [0.1, 0.15) is 21.5 Å². The van der Waals surface area contributed by atoms with Gasteiger partial charge in [-0.25, -0.2) is 4.79 Å². The summed E-state index contributed by atoms with van der Waals surface area (Å²) in [5.41, 5.74) is 5.16. The fourth-order valence-corrected chi connectivity index (χ4v) is 2.83. The lowest BCUT2D eigenvalue weighted by Gasteiger charge is -2.10. The number of benzene rings is 1. The van der Waals surface area contributed by atoms with Gasteiger partial charge < -0.3 is 5.73 Å². The van der Waals surface area contributed by atoms with E-state index >= 15 is 0 Å². The van der Waals surface area contributed by atoms with Gasteiger partial charge in [0.25, 0.3) is 5.56 Å². The minimum Gasteiger partial charge on any atom is -0.384 e. The van der Waals surface area contributed by atoms with Gasteiger partial charge in [0.15, 0.2) is 0 Å². The highest BCUT2D eigenvalue weighted by atomic mass is 16.2. The molecule has 0 unspecified atom stereocenters. The zero-order valence-electron chi connectivity index (χ0n) is 15.9. The molecule has 0 amide bonds. The first-order valence-corrected chi connectivity index (χ1v) is 8.62. The number of nitrogens with two attached hydrogens (primary N) is 1. The fraction of sp³-hybridized carbons (Fsp3) is 0.150. The number of nitrogens with zero attached hydrogens (tertiary/aromatic N) is 5. The van der Waals surface area contributed by atoms with Crippen molar-refractivity contribution in [2.24, 2.45) is 14.1 Å². The Bertz CT molecular complexity index is 1270. The molecular formula is C20H18N6O3. The summed E-state index contributed by atoms with van der Waals surface area (Å²) in [6.45, 7) is 0.527. The molecule has 0 radical (unpaired) electrons. The number of nitrogen functional groups attached to an aromatic ring is 1. The average molecular weight is 390 g/mol. The highest BCUT2D eigenvalue weighted by Crippen LogP contribution is 2.14. The normalized spacial score (nSPS) is 11.3. The lowest BCUT2D eigenvalue weighted by atomic mass is 10.0. The van der Waals surface area contributed by atoms with Gasteiger partial charge in [0.1, 0.15) is 23.0 Å². The Hall–Kier alpha value is -4.19. The molecule has 9 heteroatoms. The van der Waals surface area contributed by atoms with E-state index in [4.69, 9.17) is 5.73 Å². The van der Waals surface area contributed by atoms with Crippen LogP contribution in [0.15, 0.2) is 57.9 Å². The number of hydrogen-bond donors (Lipinski definition) is 1. The molecule has 0 atom stereocenters. The molecule has 2 heterocycles. The molecule has 1 aromatic carbocycles. The van der Waals surface area contributed by atoms with E-state index in [0.717, 1.165) is 14.7 Å². The smallest absolute Gasteiger partial charge is 0.332 e. The molecule has 146 valence electrons. The van der Waals surface area contributed by atoms with Gasteiger partial charge in [-0.2, -0.15) is 10.4 Å². The van der Waals surface area contributed by atoms with Crippen LogP contribution in [0.3, 0.4) is 0 Å². The number of ketones is 1. The van der Waals surface area contributed by atoms with Crippen LogP contribution in [0.25, 0.3) is 6.08 Å². The predicted molar refractivity (Wildman–Crippen MR) is 107 cm³/mol. The van der Waals surface area contributed by atoms with E-state index in [-0.39, 0.29) is 11.4 Å². The van der Waals surface area contributed by atoms with Gasteiger partial charge in [-0.15, -0.1) is 0 Å². The highest BCUT2D eigenvalue weighted by molar-refractivity contribution is 6.15. The minimum atomic E-state index is -0.850. The summed E-state index contributed by atoms with van der Waals surface area (Å²) >= 11 is 0. The van der Waals surface area contributed by atoms with E-state index in [2.05, 4.69) is 5.10 Å². The minimum absolute atomic E-state index is 0.285. The molecular weight excluding hydrogens is 372 g/mol. The first-order chi connectivity index (χ1) is 13.8. The summed E-state index contributed by atoms with van der Waals surface area (Å²) in [4.78, 5) is 37.1. The molecule has 3 rings (SSSR count). The summed E-state index contributed by atoms with van der Waals surface area (Å²) in [5.74, 6) is -1.14. The lowest BCUT2D eigenvalue weighted by Crippen LogP contribution is -2.41. The van der Waals surface area contributed by atoms with Crippen LogP contribution in [-0.4, -0.2) is 24.7 Å². The molecule has 9 nitrogen and oxygen atoms in total. The summed E-state index contributed by atoms with van der Waals surface area (Å²) in [6.07, 6.45) is 4.52. The predicted octanol–water partition coefficient (Wildman–Crippen LogP) is 0.701. The van der Waals surface area contributed by atoms with Gasteiger partial charge in [-0.3, -0.25) is 23.4 Å². The number of carbonyl (C=O) groups excluding carboxylic acids is 1. The Morgan fingerprint density at radius 3 is 2.55 bits per heavy atom. The van der Waals surface area contributed by atoms with Gasteiger partial charge in [-0.05, 0) is 11.6 Å². The summed E-state index contributed by atoms with van der Waals surface area (Å²) in [7, 11) is 2.58. The van der Waals surface area contributed by atoms with Gasteiger partial charge in [0.05, 0.1) is 12.7 Å². The third-order valence-electron chi connectivity index (χ3n) is 4.45. The monoisotopic (exact) mass is 390 g/mol. The van der Waals surface area contributed by atoms with E-state index in [1.54, 1.807) is 16.9 Å². The zero-order chi connectivity index (χ0) is 21.1. The van der Waals surface area contributed by atoms with Crippen LogP contribution in [0.2, 0.25) is 0 Å². The van der Waals surface area contributed by atoms with Crippen LogP contribution in [0, 0.1) is 11.3 Å². The number of hydrogen-bond acceptors (Lipinski definition) is 6. The highest BCUT2D eigenvalue weighted by Gasteiger charge is 2.23. The molecule has 2 aromatic heterocycles. The molecule has 0 aliphatic heterocycles. The van der Waals surface area contributed by atoms with Crippen molar-refractivity contribution in [2.75, 3.05) is 5.73 Å². The van der Waals surface area contributed by atoms with Crippen molar-refractivity contribution in [2.45, 2.75) is 6.54 Å². The first-order valence-electron chi connectivity index (χ1n) is 8.62. The number of aromatic nitrogens is 4. The van der Waals surface area contributed by atoms with Gasteiger partial charge >= 0.3 is 5.69 Å². The molecule has 29 heavy (non-hydrogen) atoms. The number of rotatable bonds is 5. The Balaban J connectivity index is 1.96. The molecule has 0 saturated heterocycles. The Morgan fingerprint density at radius 1 is 1.21 bits per heavy atom. The number of allylic oxidation sites excluding steroid dienone is 1. The SMILES string of the molecule is Cn1c(N)c(C(=O)/C(C#N)=C/c2cnn(Cc3ccccc3)c2)c(=O)n(C)c1=O. The second kappa shape index (κ2) is 7.82. The van der Waals surface area contributed by atoms with Gasteiger partial charge in [0, 0.05) is 25.9 Å². The zero-order valence-corrected chi connectivity index (χ0v) is 15.9. The van der Waals surface area contributed by atoms with Crippen LogP contribution < -0.4 is 17.0 Å². The number of carbonyl (C=O) groups is 1. The maximum Gasteiger partial charge on any atom is 0.332 e. The molecule has 0 aliphatic carbocycles. The standard InChI is InChI=1S/C20H18N6O3/c1-24-18(22)16(19(28)25(2)20(24)29)17(27)15(9-21)8-14-10-23-26(12-14)11-13-6-4-3-5-7-13/h3-8,10,12H,11,22H2,1-2H3/b15-8+. The molecule has 3 aromatic rings. The quantitative estimate of drug-likeness (QED) is 0.388. The average Bonchev–Trinajstić information content (AvgIpc) is 3.16. The van der Waals surface area contributed by atoms with Crippen LogP contribution in [0.4, 0.5) is 5.82 Å². The van der Waals surface area contributed by atoms with E-state index < -0.39 is 22.6 Å². The van der Waals surface area contributed by atoms with Crippen molar-refractivity contribution in [3.8, 4) is 6.07 Å². The third kappa shape index (κ3) is 3.77. The van der Waals surface area contributed by atoms with E-state index in [1.165, 1.54) is 26.4 Å². The van der Waals surface area contributed by atoms with Crippen molar-refractivity contribution in [3.63, 3.8) is 0 Å². The number of anilines is 1. The molecule has 2 N–H and O–H groups in total.